The van der Waals surface area contributed by atoms with E-state index in [1.807, 2.05) is 19.1 Å². The molecule has 2 unspecified atom stereocenters. The second-order valence-corrected chi connectivity index (χ2v) is 17.0. The molecule has 0 spiro atoms. The quantitative estimate of drug-likeness (QED) is 0.269. The number of hydrogen-bond donors (Lipinski definition) is 0. The Morgan fingerprint density at radius 2 is 1.69 bits per heavy atom. The van der Waals surface area contributed by atoms with Crippen LogP contribution in [0.3, 0.4) is 0 Å². The van der Waals surface area contributed by atoms with Crippen LogP contribution < -0.4 is 0 Å². The Balaban J connectivity index is 1.68. The molecule has 182 valence electrons. The van der Waals surface area contributed by atoms with Crippen molar-refractivity contribution in [2.75, 3.05) is 6.61 Å². The molecule has 0 aliphatic heterocycles. The Morgan fingerprint density at radius 1 is 1.06 bits per heavy atom. The zero-order valence-electron chi connectivity index (χ0n) is 21.0. The van der Waals surface area contributed by atoms with Crippen LogP contribution in [0.15, 0.2) is 29.2 Å². The summed E-state index contributed by atoms with van der Waals surface area (Å²) >= 11 is 0. The van der Waals surface area contributed by atoms with Crippen LogP contribution in [-0.4, -0.2) is 29.4 Å². The van der Waals surface area contributed by atoms with Crippen LogP contribution in [-0.2, 0) is 18.7 Å². The van der Waals surface area contributed by atoms with Crippen molar-refractivity contribution < 1.29 is 17.0 Å². The van der Waals surface area contributed by atoms with Gasteiger partial charge in [-0.15, -0.1) is 0 Å². The van der Waals surface area contributed by atoms with Crippen molar-refractivity contribution in [3.05, 3.63) is 29.8 Å². The molecule has 6 heteroatoms. The highest BCUT2D eigenvalue weighted by Gasteiger charge is 2.54. The molecule has 2 aliphatic carbocycles. The highest BCUT2D eigenvalue weighted by atomic mass is 32.2. The van der Waals surface area contributed by atoms with Crippen molar-refractivity contribution >= 4 is 18.4 Å². The molecule has 0 saturated heterocycles. The molecule has 4 nitrogen and oxygen atoms in total. The molecule has 0 bridgehead atoms. The summed E-state index contributed by atoms with van der Waals surface area (Å²) in [7, 11) is -5.35. The maximum absolute atomic E-state index is 12.7. The highest BCUT2D eigenvalue weighted by molar-refractivity contribution is 7.86. The maximum atomic E-state index is 12.7. The monoisotopic (exact) mass is 480 g/mol. The molecule has 5 atom stereocenters. The Bertz CT molecular complexity index is 841. The van der Waals surface area contributed by atoms with Gasteiger partial charge in [-0.25, -0.2) is 0 Å². The van der Waals surface area contributed by atoms with Crippen molar-refractivity contribution in [2.24, 2.45) is 23.2 Å². The van der Waals surface area contributed by atoms with Gasteiger partial charge < -0.3 is 4.43 Å². The molecule has 32 heavy (non-hydrogen) atoms. The first-order valence-corrected chi connectivity index (χ1v) is 16.7. The maximum Gasteiger partial charge on any atom is 0.296 e. The molecule has 2 aliphatic rings. The van der Waals surface area contributed by atoms with Crippen LogP contribution >= 0.6 is 0 Å². The van der Waals surface area contributed by atoms with E-state index in [1.165, 1.54) is 43.8 Å². The minimum absolute atomic E-state index is 0.203. The summed E-state index contributed by atoms with van der Waals surface area (Å²) in [5.74, 6) is 1.27. The van der Waals surface area contributed by atoms with Crippen molar-refractivity contribution in [1.82, 2.24) is 0 Å². The number of rotatable bonds is 10. The van der Waals surface area contributed by atoms with Crippen LogP contribution in [0, 0.1) is 30.1 Å². The van der Waals surface area contributed by atoms with E-state index in [9.17, 15) is 8.42 Å². The summed E-state index contributed by atoms with van der Waals surface area (Å²) in [6, 6.07) is 10.5. The summed E-state index contributed by atoms with van der Waals surface area (Å²) in [4.78, 5) is 0.247. The standard InChI is InChI=1S/C26H44O4SSi/c1-7-32(8-2,9-3)30-25-11-10-18-26(6)23(16-17-24(25)26)21(5)19-29-31(27,28)22-14-12-20(4)13-15-22/h12-15,21,23-25H,7-11,16-19H2,1-6H3/t21-,23?,24?,25+,26-/m1/s1. The predicted octanol–water partition coefficient (Wildman–Crippen LogP) is 6.94. The van der Waals surface area contributed by atoms with E-state index in [1.54, 1.807) is 12.1 Å². The molecule has 1 aromatic carbocycles. The third-order valence-electron chi connectivity index (χ3n) is 8.95. The third-order valence-corrected chi connectivity index (χ3v) is 14.9. The van der Waals surface area contributed by atoms with E-state index in [4.69, 9.17) is 8.61 Å². The molecule has 2 fully saturated rings. The fraction of sp³-hybridized carbons (Fsp3) is 0.769. The molecule has 0 radical (unpaired) electrons. The van der Waals surface area contributed by atoms with Crippen molar-refractivity contribution in [1.29, 1.82) is 0 Å². The van der Waals surface area contributed by atoms with Gasteiger partial charge in [-0.2, -0.15) is 8.42 Å². The second kappa shape index (κ2) is 10.3. The minimum atomic E-state index is -3.71. The van der Waals surface area contributed by atoms with Crippen LogP contribution in [0.1, 0.15) is 72.3 Å². The van der Waals surface area contributed by atoms with E-state index in [0.717, 1.165) is 12.0 Å². The van der Waals surface area contributed by atoms with E-state index < -0.39 is 18.4 Å². The molecule has 2 saturated carbocycles. The lowest BCUT2D eigenvalue weighted by Crippen LogP contribution is -2.48. The number of fused-ring (bicyclic) bond motifs is 1. The normalized spacial score (nSPS) is 29.6. The van der Waals surface area contributed by atoms with Crippen LogP contribution in [0.5, 0.6) is 0 Å². The van der Waals surface area contributed by atoms with Gasteiger partial charge in [0.25, 0.3) is 10.1 Å². The van der Waals surface area contributed by atoms with Gasteiger partial charge in [-0.05, 0) is 86.0 Å². The largest absolute Gasteiger partial charge is 0.414 e. The van der Waals surface area contributed by atoms with Gasteiger partial charge in [0.15, 0.2) is 8.32 Å². The first-order valence-electron chi connectivity index (χ1n) is 12.7. The van der Waals surface area contributed by atoms with E-state index in [2.05, 4.69) is 34.6 Å². The van der Waals surface area contributed by atoms with Crippen molar-refractivity contribution in [3.63, 3.8) is 0 Å². The summed E-state index contributed by atoms with van der Waals surface area (Å²) in [5.41, 5.74) is 1.26. The minimum Gasteiger partial charge on any atom is -0.414 e. The summed E-state index contributed by atoms with van der Waals surface area (Å²) in [5, 5.41) is 0. The highest BCUT2D eigenvalue weighted by Crippen LogP contribution is 2.58. The molecular weight excluding hydrogens is 436 g/mol. The lowest BCUT2D eigenvalue weighted by molar-refractivity contribution is -0.0236. The van der Waals surface area contributed by atoms with E-state index in [0.29, 0.717) is 17.9 Å². The molecule has 0 N–H and O–H groups in total. The molecule has 1 aromatic rings. The van der Waals surface area contributed by atoms with E-state index in [-0.39, 0.29) is 22.8 Å². The fourth-order valence-corrected chi connectivity index (χ4v) is 10.6. The summed E-state index contributed by atoms with van der Waals surface area (Å²) in [6.45, 7) is 13.8. The number of benzene rings is 1. The average molecular weight is 481 g/mol. The van der Waals surface area contributed by atoms with Crippen LogP contribution in [0.4, 0.5) is 0 Å². The number of hydrogen-bond acceptors (Lipinski definition) is 4. The molecule has 0 heterocycles. The first kappa shape index (κ1) is 25.9. The SMILES string of the molecule is CC[Si](CC)(CC)O[C@H]1CCC[C@]2(C)C([C@H](C)COS(=O)(=O)c3ccc(C)cc3)CCC12. The van der Waals surface area contributed by atoms with Crippen molar-refractivity contribution in [3.8, 4) is 0 Å². The Labute approximate surface area is 197 Å². The average Bonchev–Trinajstić information content (AvgIpc) is 3.14. The topological polar surface area (TPSA) is 52.6 Å². The van der Waals surface area contributed by atoms with Gasteiger partial charge in [0, 0.05) is 6.10 Å². The Morgan fingerprint density at radius 3 is 2.28 bits per heavy atom. The van der Waals surface area contributed by atoms with Gasteiger partial charge >= 0.3 is 0 Å². The van der Waals surface area contributed by atoms with Gasteiger partial charge in [0.05, 0.1) is 11.5 Å². The zero-order valence-corrected chi connectivity index (χ0v) is 22.8. The predicted molar refractivity (Wildman–Crippen MR) is 134 cm³/mol. The fourth-order valence-electron chi connectivity index (χ4n) is 6.64. The zero-order chi connectivity index (χ0) is 23.6. The molecule has 0 aromatic heterocycles. The molecular formula is C26H44O4SSi. The van der Waals surface area contributed by atoms with Crippen LogP contribution in [0.2, 0.25) is 18.1 Å². The van der Waals surface area contributed by atoms with Gasteiger partial charge in [-0.3, -0.25) is 4.18 Å². The van der Waals surface area contributed by atoms with Gasteiger partial charge in [-0.1, -0.05) is 58.7 Å². The smallest absolute Gasteiger partial charge is 0.296 e. The lowest BCUT2D eigenvalue weighted by Gasteiger charge is -2.48. The van der Waals surface area contributed by atoms with E-state index >= 15 is 0 Å². The Kier molecular flexibility index (Phi) is 8.33. The van der Waals surface area contributed by atoms with Crippen LogP contribution in [0.25, 0.3) is 0 Å². The third kappa shape index (κ3) is 5.18. The van der Waals surface area contributed by atoms with Crippen molar-refractivity contribution in [2.45, 2.75) is 103 Å². The summed E-state index contributed by atoms with van der Waals surface area (Å²) < 4.78 is 38.0. The second-order valence-electron chi connectivity index (χ2n) is 10.6. The molecule has 3 rings (SSSR count). The lowest BCUT2D eigenvalue weighted by atomic mass is 9.62. The summed E-state index contributed by atoms with van der Waals surface area (Å²) in [6.07, 6.45) is 6.35. The molecule has 0 amide bonds. The number of aryl methyl sites for hydroxylation is 1. The first-order chi connectivity index (χ1) is 15.1. The van der Waals surface area contributed by atoms with Gasteiger partial charge in [0.2, 0.25) is 0 Å². The van der Waals surface area contributed by atoms with Gasteiger partial charge in [0.1, 0.15) is 0 Å². The Hall–Kier alpha value is -0.693.